The van der Waals surface area contributed by atoms with E-state index in [1.165, 1.54) is 4.90 Å². The second-order valence-corrected chi connectivity index (χ2v) is 5.93. The van der Waals surface area contributed by atoms with E-state index in [0.29, 0.717) is 19.6 Å². The number of hydrogen-bond acceptors (Lipinski definition) is 4. The molecule has 1 saturated heterocycles. The van der Waals surface area contributed by atoms with E-state index >= 15 is 0 Å². The number of urea groups is 1. The summed E-state index contributed by atoms with van der Waals surface area (Å²) in [5.74, 6) is 0.940. The molecule has 0 saturated carbocycles. The Labute approximate surface area is 125 Å². The number of hydrogen-bond donors (Lipinski definition) is 1. The molecule has 0 aromatic heterocycles. The van der Waals surface area contributed by atoms with Gasteiger partial charge in [0.1, 0.15) is 6.04 Å². The third-order valence-corrected chi connectivity index (χ3v) is 3.96. The molecule has 1 N–H and O–H groups in total. The number of nitrogens with one attached hydrogen (secondary N) is 1. The number of amides is 3. The molecule has 116 valence electrons. The Morgan fingerprint density at radius 3 is 2.70 bits per heavy atom. The zero-order valence-electron chi connectivity index (χ0n) is 12.5. The predicted molar refractivity (Wildman–Crippen MR) is 82.0 cm³/mol. The number of nitrogens with zero attached hydrogens (tertiary/aromatic N) is 1. The molecule has 1 aliphatic heterocycles. The van der Waals surface area contributed by atoms with Gasteiger partial charge < -0.3 is 10.1 Å². The van der Waals surface area contributed by atoms with Crippen molar-refractivity contribution in [3.05, 3.63) is 0 Å². The van der Waals surface area contributed by atoms with E-state index in [1.54, 1.807) is 11.8 Å². The molecule has 1 unspecified atom stereocenters. The highest BCUT2D eigenvalue weighted by Crippen LogP contribution is 2.13. The first kappa shape index (κ1) is 17.3. The summed E-state index contributed by atoms with van der Waals surface area (Å²) in [6.07, 6.45) is 6.60. The number of imide groups is 1. The number of carbonyl (C=O) groups is 2. The maximum atomic E-state index is 12.1. The normalized spacial score (nSPS) is 18.7. The third kappa shape index (κ3) is 5.71. The SMILES string of the molecule is CCCCOCCCN1C(=O)NC(CCCSC)C1=O. The molecule has 0 spiro atoms. The molecular weight excluding hydrogens is 276 g/mol. The summed E-state index contributed by atoms with van der Waals surface area (Å²) in [6.45, 7) is 3.94. The van der Waals surface area contributed by atoms with Crippen LogP contribution >= 0.6 is 11.8 Å². The summed E-state index contributed by atoms with van der Waals surface area (Å²) < 4.78 is 5.44. The molecule has 1 aliphatic rings. The van der Waals surface area contributed by atoms with E-state index in [0.717, 1.165) is 38.0 Å². The largest absolute Gasteiger partial charge is 0.381 e. The van der Waals surface area contributed by atoms with Crippen LogP contribution in [0.3, 0.4) is 0 Å². The van der Waals surface area contributed by atoms with Crippen molar-refractivity contribution >= 4 is 23.7 Å². The fourth-order valence-corrected chi connectivity index (χ4v) is 2.54. The summed E-state index contributed by atoms with van der Waals surface area (Å²) in [4.78, 5) is 25.1. The lowest BCUT2D eigenvalue weighted by Crippen LogP contribution is -2.33. The Hall–Kier alpha value is -0.750. The smallest absolute Gasteiger partial charge is 0.324 e. The first-order chi connectivity index (χ1) is 9.70. The van der Waals surface area contributed by atoms with Crippen LogP contribution in [-0.2, 0) is 9.53 Å². The summed E-state index contributed by atoms with van der Waals surface area (Å²) in [7, 11) is 0. The van der Waals surface area contributed by atoms with Crippen molar-refractivity contribution in [3.63, 3.8) is 0 Å². The molecular formula is C14H26N2O3S. The molecule has 3 amide bonds. The molecule has 0 radical (unpaired) electrons. The molecule has 1 atom stereocenters. The number of thioether (sulfide) groups is 1. The fraction of sp³-hybridized carbons (Fsp3) is 0.857. The number of rotatable bonds is 11. The molecule has 0 bridgehead atoms. The van der Waals surface area contributed by atoms with Gasteiger partial charge in [-0.2, -0.15) is 11.8 Å². The van der Waals surface area contributed by atoms with Crippen molar-refractivity contribution in [1.29, 1.82) is 0 Å². The van der Waals surface area contributed by atoms with Gasteiger partial charge in [0.15, 0.2) is 0 Å². The second-order valence-electron chi connectivity index (χ2n) is 4.95. The van der Waals surface area contributed by atoms with Crippen LogP contribution in [0.1, 0.15) is 39.0 Å². The van der Waals surface area contributed by atoms with E-state index in [2.05, 4.69) is 12.2 Å². The minimum atomic E-state index is -0.323. The summed E-state index contributed by atoms with van der Waals surface area (Å²) in [5, 5.41) is 2.76. The first-order valence-corrected chi connectivity index (χ1v) is 8.78. The maximum Gasteiger partial charge on any atom is 0.324 e. The van der Waals surface area contributed by atoms with E-state index in [-0.39, 0.29) is 18.0 Å². The third-order valence-electron chi connectivity index (χ3n) is 3.26. The van der Waals surface area contributed by atoms with Crippen LogP contribution in [0.4, 0.5) is 4.79 Å². The highest BCUT2D eigenvalue weighted by molar-refractivity contribution is 7.98. The van der Waals surface area contributed by atoms with Gasteiger partial charge in [-0.3, -0.25) is 9.69 Å². The Kier molecular flexibility index (Phi) is 8.69. The van der Waals surface area contributed by atoms with Gasteiger partial charge in [0.05, 0.1) is 0 Å². The summed E-state index contributed by atoms with van der Waals surface area (Å²) in [5.41, 5.74) is 0. The van der Waals surface area contributed by atoms with E-state index in [9.17, 15) is 9.59 Å². The minimum absolute atomic E-state index is 0.0790. The van der Waals surface area contributed by atoms with Crippen LogP contribution in [0, 0.1) is 0 Å². The summed E-state index contributed by atoms with van der Waals surface area (Å²) >= 11 is 1.76. The molecule has 1 rings (SSSR count). The van der Waals surface area contributed by atoms with Crippen LogP contribution < -0.4 is 5.32 Å². The van der Waals surface area contributed by atoms with Gasteiger partial charge in [-0.1, -0.05) is 13.3 Å². The standard InChI is InChI=1S/C14H26N2O3S/c1-3-4-9-19-10-6-8-16-13(17)12(15-14(16)18)7-5-11-20-2/h12H,3-11H2,1-2H3,(H,15,18). The Balaban J connectivity index is 2.21. The maximum absolute atomic E-state index is 12.1. The van der Waals surface area contributed by atoms with E-state index in [4.69, 9.17) is 4.74 Å². The van der Waals surface area contributed by atoms with Crippen LogP contribution in [0.15, 0.2) is 0 Å². The van der Waals surface area contributed by atoms with Crippen molar-refractivity contribution < 1.29 is 14.3 Å². The Morgan fingerprint density at radius 2 is 2.00 bits per heavy atom. The number of unbranched alkanes of at least 4 members (excludes halogenated alkanes) is 1. The van der Waals surface area contributed by atoms with Crippen molar-refractivity contribution in [2.45, 2.75) is 45.1 Å². The quantitative estimate of drug-likeness (QED) is 0.470. The molecule has 6 heteroatoms. The lowest BCUT2D eigenvalue weighted by atomic mass is 10.1. The van der Waals surface area contributed by atoms with Crippen LogP contribution in [0.5, 0.6) is 0 Å². The van der Waals surface area contributed by atoms with Crippen LogP contribution in [0.25, 0.3) is 0 Å². The van der Waals surface area contributed by atoms with Crippen molar-refractivity contribution in [1.82, 2.24) is 10.2 Å². The molecule has 0 aliphatic carbocycles. The molecule has 0 aromatic rings. The zero-order valence-corrected chi connectivity index (χ0v) is 13.3. The topological polar surface area (TPSA) is 58.6 Å². The van der Waals surface area contributed by atoms with Gasteiger partial charge >= 0.3 is 6.03 Å². The lowest BCUT2D eigenvalue weighted by molar-refractivity contribution is -0.127. The highest BCUT2D eigenvalue weighted by Gasteiger charge is 2.36. The van der Waals surface area contributed by atoms with Gasteiger partial charge in [-0.05, 0) is 37.7 Å². The van der Waals surface area contributed by atoms with Crippen LogP contribution in [-0.4, -0.2) is 54.6 Å². The predicted octanol–water partition coefficient (Wildman–Crippen LogP) is 2.26. The molecule has 0 aromatic carbocycles. The lowest BCUT2D eigenvalue weighted by Gasteiger charge is -2.13. The minimum Gasteiger partial charge on any atom is -0.381 e. The highest BCUT2D eigenvalue weighted by atomic mass is 32.2. The zero-order chi connectivity index (χ0) is 14.8. The molecule has 1 fully saturated rings. The van der Waals surface area contributed by atoms with Crippen molar-refractivity contribution in [2.24, 2.45) is 0 Å². The molecule has 5 nitrogen and oxygen atoms in total. The number of ether oxygens (including phenoxy) is 1. The average molecular weight is 302 g/mol. The van der Waals surface area contributed by atoms with Gasteiger partial charge in [0.25, 0.3) is 5.91 Å². The Morgan fingerprint density at radius 1 is 1.25 bits per heavy atom. The average Bonchev–Trinajstić information content (AvgIpc) is 2.70. The first-order valence-electron chi connectivity index (χ1n) is 7.39. The monoisotopic (exact) mass is 302 g/mol. The van der Waals surface area contributed by atoms with E-state index in [1.807, 2.05) is 6.26 Å². The van der Waals surface area contributed by atoms with E-state index < -0.39 is 0 Å². The molecule has 1 heterocycles. The van der Waals surface area contributed by atoms with Gasteiger partial charge in [-0.25, -0.2) is 4.79 Å². The van der Waals surface area contributed by atoms with Gasteiger partial charge in [0, 0.05) is 19.8 Å². The number of carbonyl (C=O) groups excluding carboxylic acids is 2. The van der Waals surface area contributed by atoms with Crippen LogP contribution in [0.2, 0.25) is 0 Å². The van der Waals surface area contributed by atoms with Crippen molar-refractivity contribution in [3.8, 4) is 0 Å². The van der Waals surface area contributed by atoms with Gasteiger partial charge in [0.2, 0.25) is 0 Å². The second kappa shape index (κ2) is 10.0. The molecule has 20 heavy (non-hydrogen) atoms. The Bertz CT molecular complexity index is 313. The van der Waals surface area contributed by atoms with Crippen molar-refractivity contribution in [2.75, 3.05) is 31.8 Å². The fourth-order valence-electron chi connectivity index (χ4n) is 2.09. The van der Waals surface area contributed by atoms with Gasteiger partial charge in [-0.15, -0.1) is 0 Å². The summed E-state index contributed by atoms with van der Waals surface area (Å²) in [6, 6.07) is -0.576.